The van der Waals surface area contributed by atoms with E-state index in [-0.39, 0.29) is 18.8 Å². The average Bonchev–Trinajstić information content (AvgIpc) is 2.94. The largest absolute Gasteiger partial charge is 0.368 e. The predicted molar refractivity (Wildman–Crippen MR) is 58.7 cm³/mol. The minimum Gasteiger partial charge on any atom is -0.368 e. The Balaban J connectivity index is 1.79. The van der Waals surface area contributed by atoms with E-state index in [1.165, 1.54) is 10.9 Å². The number of nitrogens with zero attached hydrogens (tertiary/aromatic N) is 3. The third-order valence-corrected chi connectivity index (χ3v) is 4.03. The van der Waals surface area contributed by atoms with Gasteiger partial charge < -0.3 is 19.9 Å². The Hall–Kier alpha value is -1.28. The van der Waals surface area contributed by atoms with Crippen molar-refractivity contribution in [2.24, 2.45) is 0 Å². The Morgan fingerprint density at radius 2 is 2.50 bits per heavy atom. The van der Waals surface area contributed by atoms with Gasteiger partial charge >= 0.3 is 13.3 Å². The first-order valence-corrected chi connectivity index (χ1v) is 7.00. The maximum Gasteiger partial charge on any atom is 0.353 e. The molecular formula is C8H11N4O5P. The Kier molecular flexibility index (Phi) is 2.36. The molecule has 3 N–H and O–H groups in total. The van der Waals surface area contributed by atoms with Gasteiger partial charge in [-0.15, -0.1) is 0 Å². The Morgan fingerprint density at radius 1 is 1.72 bits per heavy atom. The van der Waals surface area contributed by atoms with Crippen LogP contribution in [-0.2, 0) is 20.4 Å². The van der Waals surface area contributed by atoms with Crippen LogP contribution >= 0.6 is 7.60 Å². The summed E-state index contributed by atoms with van der Waals surface area (Å²) in [6.45, 7) is 0.177. The van der Waals surface area contributed by atoms with Crippen LogP contribution in [0.1, 0.15) is 6.42 Å². The summed E-state index contributed by atoms with van der Waals surface area (Å²) in [6, 6.07) is 0. The molecule has 0 aromatic carbocycles. The van der Waals surface area contributed by atoms with Gasteiger partial charge in [0.1, 0.15) is 24.4 Å². The Labute approximate surface area is 101 Å². The summed E-state index contributed by atoms with van der Waals surface area (Å²) < 4.78 is 22.9. The van der Waals surface area contributed by atoms with E-state index in [0.29, 0.717) is 6.42 Å². The molecule has 1 saturated heterocycles. The molecule has 2 fully saturated rings. The van der Waals surface area contributed by atoms with E-state index < -0.39 is 25.0 Å². The second-order valence-corrected chi connectivity index (χ2v) is 6.14. The molecule has 3 atom stereocenters. The van der Waals surface area contributed by atoms with Crippen molar-refractivity contribution in [3.63, 3.8) is 0 Å². The van der Waals surface area contributed by atoms with Crippen molar-refractivity contribution in [3.8, 4) is 0 Å². The summed E-state index contributed by atoms with van der Waals surface area (Å²) in [5.74, 6) is -0.0956. The zero-order valence-corrected chi connectivity index (χ0v) is 10.1. The van der Waals surface area contributed by atoms with E-state index >= 15 is 0 Å². The molecule has 1 aromatic rings. The van der Waals surface area contributed by atoms with E-state index in [4.69, 9.17) is 15.0 Å². The van der Waals surface area contributed by atoms with Crippen LogP contribution in [0.5, 0.6) is 0 Å². The maximum atomic E-state index is 11.5. The third-order valence-electron chi connectivity index (χ3n) is 2.99. The number of hydrogen-bond donors (Lipinski definition) is 2. The molecule has 0 amide bonds. The lowest BCUT2D eigenvalue weighted by molar-refractivity contribution is -0.0192. The number of nitrogens with two attached hydrogens (primary N) is 1. The van der Waals surface area contributed by atoms with Gasteiger partial charge in [-0.05, 0) is 0 Å². The SMILES string of the molecule is Nc1ncn(C[C@]23C[C@H]2OP(=O)(O)CO3)c(=O)n1. The minimum absolute atomic E-state index is 0.0956. The van der Waals surface area contributed by atoms with Crippen molar-refractivity contribution in [1.29, 1.82) is 0 Å². The van der Waals surface area contributed by atoms with Gasteiger partial charge in [0.05, 0.1) is 6.54 Å². The molecule has 0 spiro atoms. The first-order valence-electron chi connectivity index (χ1n) is 5.23. The number of hydrogen-bond acceptors (Lipinski definition) is 7. The standard InChI is InChI=1S/C8H11N4O5P/c9-6-10-3-12(7(13)11-6)2-8-1-5(8)17-18(14,15)4-16-8/h3,5H,1-2,4H2,(H,14,15)(H2,9,11,13)/t5-,8-/m1/s1. The number of fused-ring (bicyclic) bond motifs is 1. The van der Waals surface area contributed by atoms with Gasteiger partial charge in [-0.3, -0.25) is 9.13 Å². The maximum absolute atomic E-state index is 11.5. The van der Waals surface area contributed by atoms with E-state index in [0.717, 1.165) is 0 Å². The first kappa shape index (κ1) is 11.8. The summed E-state index contributed by atoms with van der Waals surface area (Å²) >= 11 is 0. The Bertz CT molecular complexity index is 603. The third kappa shape index (κ3) is 1.95. The molecule has 1 saturated carbocycles. The van der Waals surface area contributed by atoms with Crippen LogP contribution in [0.15, 0.2) is 11.1 Å². The number of ether oxygens (including phenoxy) is 1. The van der Waals surface area contributed by atoms with E-state index in [9.17, 15) is 14.3 Å². The molecule has 2 aliphatic rings. The van der Waals surface area contributed by atoms with Gasteiger partial charge in [0.25, 0.3) is 0 Å². The van der Waals surface area contributed by atoms with Crippen LogP contribution in [-0.4, -0.2) is 37.5 Å². The fraction of sp³-hybridized carbons (Fsp3) is 0.625. The zero-order chi connectivity index (χ0) is 13.0. The fourth-order valence-corrected chi connectivity index (χ4v) is 3.10. The number of anilines is 1. The van der Waals surface area contributed by atoms with Gasteiger partial charge in [-0.1, -0.05) is 0 Å². The molecule has 0 bridgehead atoms. The topological polar surface area (TPSA) is 130 Å². The van der Waals surface area contributed by atoms with E-state index in [1.54, 1.807) is 0 Å². The molecule has 1 unspecified atom stereocenters. The van der Waals surface area contributed by atoms with E-state index in [1.807, 2.05) is 0 Å². The summed E-state index contributed by atoms with van der Waals surface area (Å²) in [6.07, 6.45) is 0.903. The number of rotatable bonds is 2. The molecule has 2 heterocycles. The number of nitrogen functional groups attached to an aromatic ring is 1. The lowest BCUT2D eigenvalue weighted by Gasteiger charge is -2.26. The molecule has 9 nitrogen and oxygen atoms in total. The molecular weight excluding hydrogens is 263 g/mol. The molecule has 1 aliphatic carbocycles. The molecule has 10 heteroatoms. The van der Waals surface area contributed by atoms with Crippen LogP contribution in [0.3, 0.4) is 0 Å². The molecule has 1 aliphatic heterocycles. The highest BCUT2D eigenvalue weighted by molar-refractivity contribution is 7.52. The van der Waals surface area contributed by atoms with Crippen molar-refractivity contribution in [2.75, 3.05) is 12.1 Å². The molecule has 0 radical (unpaired) electrons. The zero-order valence-electron chi connectivity index (χ0n) is 9.22. The summed E-state index contributed by atoms with van der Waals surface area (Å²) in [5, 5.41) is 0. The highest BCUT2D eigenvalue weighted by Gasteiger charge is 2.63. The number of aromatic nitrogens is 3. The summed E-state index contributed by atoms with van der Waals surface area (Å²) in [7, 11) is -3.63. The smallest absolute Gasteiger partial charge is 0.353 e. The van der Waals surface area contributed by atoms with Gasteiger partial charge in [-0.25, -0.2) is 9.78 Å². The van der Waals surface area contributed by atoms with Crippen LogP contribution in [0.4, 0.5) is 5.95 Å². The van der Waals surface area contributed by atoms with Crippen LogP contribution < -0.4 is 11.4 Å². The molecule has 98 valence electrons. The van der Waals surface area contributed by atoms with Crippen LogP contribution in [0.25, 0.3) is 0 Å². The predicted octanol–water partition coefficient (Wildman–Crippen LogP) is -1.08. The van der Waals surface area contributed by atoms with Crippen molar-refractivity contribution < 1.29 is 18.7 Å². The summed E-state index contributed by atoms with van der Waals surface area (Å²) in [5.41, 5.74) is 4.02. The second kappa shape index (κ2) is 3.61. The Morgan fingerprint density at radius 3 is 3.17 bits per heavy atom. The van der Waals surface area contributed by atoms with Crippen LogP contribution in [0, 0.1) is 0 Å². The second-order valence-electron chi connectivity index (χ2n) is 4.40. The average molecular weight is 274 g/mol. The lowest BCUT2D eigenvalue weighted by atomic mass is 10.3. The lowest BCUT2D eigenvalue weighted by Crippen LogP contribution is -2.36. The van der Waals surface area contributed by atoms with Crippen molar-refractivity contribution in [2.45, 2.75) is 24.7 Å². The van der Waals surface area contributed by atoms with Gasteiger partial charge in [0.2, 0.25) is 5.95 Å². The minimum atomic E-state index is -3.63. The monoisotopic (exact) mass is 274 g/mol. The van der Waals surface area contributed by atoms with Crippen LogP contribution in [0.2, 0.25) is 0 Å². The van der Waals surface area contributed by atoms with Crippen molar-refractivity contribution in [1.82, 2.24) is 14.5 Å². The van der Waals surface area contributed by atoms with Gasteiger partial charge in [0.15, 0.2) is 0 Å². The normalized spacial score (nSPS) is 38.2. The molecule has 3 rings (SSSR count). The summed E-state index contributed by atoms with van der Waals surface area (Å²) in [4.78, 5) is 28.0. The van der Waals surface area contributed by atoms with Gasteiger partial charge in [-0.2, -0.15) is 4.98 Å². The fourth-order valence-electron chi connectivity index (χ4n) is 1.96. The van der Waals surface area contributed by atoms with E-state index in [2.05, 4.69) is 9.97 Å². The van der Waals surface area contributed by atoms with Crippen molar-refractivity contribution in [3.05, 3.63) is 16.8 Å². The molecule has 18 heavy (non-hydrogen) atoms. The first-order chi connectivity index (χ1) is 8.40. The van der Waals surface area contributed by atoms with Crippen molar-refractivity contribution >= 4 is 13.5 Å². The van der Waals surface area contributed by atoms with Gasteiger partial charge in [0, 0.05) is 6.42 Å². The highest BCUT2D eigenvalue weighted by Crippen LogP contribution is 2.60. The highest BCUT2D eigenvalue weighted by atomic mass is 31.2. The quantitative estimate of drug-likeness (QED) is 0.651. The molecule has 1 aromatic heterocycles.